The zero-order chi connectivity index (χ0) is 21.8. The van der Waals surface area contributed by atoms with Crippen molar-refractivity contribution in [1.82, 2.24) is 19.4 Å². The third-order valence-corrected chi connectivity index (χ3v) is 6.91. The smallest absolute Gasteiger partial charge is 0.258 e. The molecule has 162 valence electrons. The van der Waals surface area contributed by atoms with E-state index in [-0.39, 0.29) is 5.56 Å². The van der Waals surface area contributed by atoms with Crippen molar-refractivity contribution in [3.05, 3.63) is 87.7 Å². The first-order valence-corrected chi connectivity index (χ1v) is 11.2. The summed E-state index contributed by atoms with van der Waals surface area (Å²) in [6.07, 6.45) is 7.14. The lowest BCUT2D eigenvalue weighted by atomic mass is 9.99. The zero-order valence-corrected chi connectivity index (χ0v) is 18.3. The van der Waals surface area contributed by atoms with Crippen LogP contribution in [0.5, 0.6) is 5.75 Å². The van der Waals surface area contributed by atoms with Gasteiger partial charge in [0.2, 0.25) is 0 Å². The Kier molecular flexibility index (Phi) is 4.43. The Morgan fingerprint density at radius 3 is 2.88 bits per heavy atom. The molecule has 2 unspecified atom stereocenters. The summed E-state index contributed by atoms with van der Waals surface area (Å²) < 4.78 is 9.78. The Balaban J connectivity index is 1.30. The molecule has 2 atom stereocenters. The Hall–Kier alpha value is -3.38. The highest BCUT2D eigenvalue weighted by molar-refractivity contribution is 5.88. The van der Waals surface area contributed by atoms with Gasteiger partial charge in [0.05, 0.1) is 16.9 Å². The maximum atomic E-state index is 12.9. The number of rotatable bonds is 4. The summed E-state index contributed by atoms with van der Waals surface area (Å²) >= 11 is 0. The summed E-state index contributed by atoms with van der Waals surface area (Å²) in [7, 11) is 2.15. The fourth-order valence-corrected chi connectivity index (χ4v) is 5.24. The molecule has 0 aliphatic carbocycles. The van der Waals surface area contributed by atoms with Crippen LogP contribution < -0.4 is 15.6 Å². The molecule has 1 saturated heterocycles. The molecule has 6 heteroatoms. The van der Waals surface area contributed by atoms with Gasteiger partial charge in [0.25, 0.3) is 5.56 Å². The van der Waals surface area contributed by atoms with Crippen molar-refractivity contribution in [3.8, 4) is 11.4 Å². The fraction of sp³-hybridized carbons (Fsp3) is 0.308. The van der Waals surface area contributed by atoms with E-state index < -0.39 is 0 Å². The summed E-state index contributed by atoms with van der Waals surface area (Å²) in [4.78, 5) is 17.2. The first-order chi connectivity index (χ1) is 15.6. The maximum Gasteiger partial charge on any atom is 0.258 e. The van der Waals surface area contributed by atoms with Crippen molar-refractivity contribution in [2.75, 3.05) is 0 Å². The average molecular weight is 427 g/mol. The van der Waals surface area contributed by atoms with E-state index in [4.69, 9.17) is 4.74 Å². The van der Waals surface area contributed by atoms with Gasteiger partial charge in [-0.3, -0.25) is 14.3 Å². The fourth-order valence-electron chi connectivity index (χ4n) is 5.24. The number of aryl methyl sites for hydroxylation is 2. The number of nitrogens with zero attached hydrogens (tertiary/aromatic N) is 3. The molecular formula is C26H26N4O2. The molecule has 6 rings (SSSR count). The van der Waals surface area contributed by atoms with E-state index in [2.05, 4.69) is 34.0 Å². The predicted octanol–water partition coefficient (Wildman–Crippen LogP) is 3.96. The quantitative estimate of drug-likeness (QED) is 0.537. The molecule has 32 heavy (non-hydrogen) atoms. The molecule has 6 nitrogen and oxygen atoms in total. The second-order valence-corrected chi connectivity index (χ2v) is 9.00. The van der Waals surface area contributed by atoms with Gasteiger partial charge in [-0.2, -0.15) is 0 Å². The van der Waals surface area contributed by atoms with Crippen LogP contribution in [0, 0.1) is 6.92 Å². The van der Waals surface area contributed by atoms with E-state index in [1.165, 1.54) is 41.1 Å². The molecule has 4 aromatic rings. The maximum absolute atomic E-state index is 12.9. The minimum Gasteiger partial charge on any atom is -0.487 e. The van der Waals surface area contributed by atoms with Gasteiger partial charge < -0.3 is 14.6 Å². The van der Waals surface area contributed by atoms with Gasteiger partial charge in [0.15, 0.2) is 0 Å². The molecule has 0 radical (unpaired) electrons. The van der Waals surface area contributed by atoms with Crippen LogP contribution in [0.2, 0.25) is 0 Å². The zero-order valence-electron chi connectivity index (χ0n) is 18.3. The number of fused-ring (bicyclic) bond motifs is 6. The van der Waals surface area contributed by atoms with Crippen molar-refractivity contribution in [2.24, 2.45) is 7.05 Å². The topological polar surface area (TPSA) is 61.1 Å². The second-order valence-electron chi connectivity index (χ2n) is 9.00. The van der Waals surface area contributed by atoms with Crippen LogP contribution in [0.4, 0.5) is 0 Å². The molecule has 1 N–H and O–H groups in total. The summed E-state index contributed by atoms with van der Waals surface area (Å²) in [5.41, 5.74) is 6.76. The molecular weight excluding hydrogens is 400 g/mol. The van der Waals surface area contributed by atoms with E-state index in [1.807, 2.05) is 37.4 Å². The van der Waals surface area contributed by atoms with E-state index in [0.29, 0.717) is 24.4 Å². The number of hydrogen-bond donors (Lipinski definition) is 1. The summed E-state index contributed by atoms with van der Waals surface area (Å²) in [5, 5.41) is 5.05. The van der Waals surface area contributed by atoms with Gasteiger partial charge in [0, 0.05) is 55.1 Å². The lowest BCUT2D eigenvalue weighted by molar-refractivity contribution is 0.300. The summed E-state index contributed by atoms with van der Waals surface area (Å²) in [6.45, 7) is 2.33. The molecule has 5 heterocycles. The van der Waals surface area contributed by atoms with Gasteiger partial charge in [0.1, 0.15) is 12.4 Å². The first-order valence-electron chi connectivity index (χ1n) is 11.2. The summed E-state index contributed by atoms with van der Waals surface area (Å²) in [6, 6.07) is 14.7. The number of nitrogens with one attached hydrogen (secondary N) is 1. The van der Waals surface area contributed by atoms with Crippen molar-refractivity contribution in [3.63, 3.8) is 0 Å². The molecule has 2 bridgehead atoms. The van der Waals surface area contributed by atoms with Crippen LogP contribution in [0.25, 0.3) is 16.6 Å². The normalized spacial score (nSPS) is 19.3. The van der Waals surface area contributed by atoms with Gasteiger partial charge in [-0.15, -0.1) is 0 Å². The Morgan fingerprint density at radius 2 is 2.06 bits per heavy atom. The third-order valence-electron chi connectivity index (χ3n) is 6.91. The van der Waals surface area contributed by atoms with Gasteiger partial charge >= 0.3 is 0 Å². The highest BCUT2D eigenvalue weighted by Gasteiger charge is 2.35. The van der Waals surface area contributed by atoms with Crippen molar-refractivity contribution >= 4 is 10.9 Å². The minimum absolute atomic E-state index is 0.113. The van der Waals surface area contributed by atoms with E-state index in [1.54, 1.807) is 10.8 Å². The number of ether oxygens (including phenoxy) is 1. The van der Waals surface area contributed by atoms with Gasteiger partial charge in [-0.05, 0) is 55.2 Å². The average Bonchev–Trinajstić information content (AvgIpc) is 3.31. The Bertz CT molecular complexity index is 1380. The van der Waals surface area contributed by atoms with E-state index in [9.17, 15) is 4.79 Å². The van der Waals surface area contributed by atoms with Crippen LogP contribution in [-0.4, -0.2) is 20.2 Å². The number of aromatic nitrogens is 3. The molecule has 0 spiro atoms. The van der Waals surface area contributed by atoms with Crippen LogP contribution in [0.3, 0.4) is 0 Å². The Morgan fingerprint density at radius 1 is 1.16 bits per heavy atom. The third kappa shape index (κ3) is 3.14. The monoisotopic (exact) mass is 426 g/mol. The molecule has 0 saturated carbocycles. The van der Waals surface area contributed by atoms with E-state index >= 15 is 0 Å². The number of benzene rings is 1. The van der Waals surface area contributed by atoms with Crippen molar-refractivity contribution < 1.29 is 4.74 Å². The van der Waals surface area contributed by atoms with E-state index in [0.717, 1.165) is 23.4 Å². The Labute approximate surface area is 186 Å². The predicted molar refractivity (Wildman–Crippen MR) is 124 cm³/mol. The van der Waals surface area contributed by atoms with Gasteiger partial charge in [-0.25, -0.2) is 0 Å². The van der Waals surface area contributed by atoms with Gasteiger partial charge in [-0.1, -0.05) is 12.1 Å². The molecule has 2 aliphatic rings. The number of pyridine rings is 2. The number of hydrogen-bond acceptors (Lipinski definition) is 4. The summed E-state index contributed by atoms with van der Waals surface area (Å²) in [5.74, 6) is 0.547. The van der Waals surface area contributed by atoms with Crippen molar-refractivity contribution in [2.45, 2.75) is 44.9 Å². The van der Waals surface area contributed by atoms with Crippen LogP contribution in [0.1, 0.15) is 41.4 Å². The molecule has 0 amide bonds. The first kappa shape index (κ1) is 19.3. The molecule has 1 aromatic carbocycles. The lowest BCUT2D eigenvalue weighted by Crippen LogP contribution is -2.32. The highest BCUT2D eigenvalue weighted by atomic mass is 16.5. The molecule has 2 aliphatic heterocycles. The van der Waals surface area contributed by atoms with Crippen LogP contribution in [-0.2, 0) is 20.1 Å². The lowest BCUT2D eigenvalue weighted by Gasteiger charge is -2.23. The minimum atomic E-state index is -0.113. The molecule has 1 fully saturated rings. The largest absolute Gasteiger partial charge is 0.487 e. The second kappa shape index (κ2) is 7.35. The van der Waals surface area contributed by atoms with Crippen LogP contribution >= 0.6 is 0 Å². The SMILES string of the molecule is Cc1ccc(COc2ccn(-c3ccc4c5c(n(C)c4c3)CC3CCC5N3)c(=O)c2)nc1. The molecule has 3 aromatic heterocycles. The standard InChI is InChI=1S/C26H26N4O2/c1-16-3-4-18(27-14-16)15-32-20-9-10-30(25(31)13-20)19-6-7-21-23(12-19)29(2)24-11-17-5-8-22(28-17)26(21)24/h3-4,6-7,9-10,12-14,17,22,28H,5,8,11,15H2,1-2H3. The van der Waals surface area contributed by atoms with Crippen molar-refractivity contribution in [1.29, 1.82) is 0 Å². The highest BCUT2D eigenvalue weighted by Crippen LogP contribution is 2.41. The van der Waals surface area contributed by atoms with Crippen LogP contribution in [0.15, 0.2) is 59.7 Å².